The minimum absolute atomic E-state index is 0.107. The highest BCUT2D eigenvalue weighted by atomic mass is 16.3. The maximum atomic E-state index is 10.5. The van der Waals surface area contributed by atoms with Gasteiger partial charge in [0.1, 0.15) is 0 Å². The summed E-state index contributed by atoms with van der Waals surface area (Å²) < 4.78 is 2.14. The van der Waals surface area contributed by atoms with E-state index in [9.17, 15) is 5.11 Å². The second kappa shape index (κ2) is 4.82. The molecule has 0 aliphatic carbocycles. The van der Waals surface area contributed by atoms with E-state index in [1.807, 2.05) is 42.9 Å². The van der Waals surface area contributed by atoms with E-state index in [0.717, 1.165) is 5.69 Å². The Morgan fingerprint density at radius 1 is 1.14 bits per heavy atom. The van der Waals surface area contributed by atoms with Crippen molar-refractivity contribution in [2.75, 3.05) is 0 Å². The van der Waals surface area contributed by atoms with Crippen LogP contribution in [0.1, 0.15) is 29.8 Å². The molecule has 1 N–H and O–H groups in total. The van der Waals surface area contributed by atoms with Gasteiger partial charge in [-0.1, -0.05) is 30.3 Å². The quantitative estimate of drug-likeness (QED) is 0.800. The normalized spacial score (nSPS) is 17.3. The SMILES string of the molecule is OC(CC1c2ccccc2-c2cncn21)c1ccccn1. The van der Waals surface area contributed by atoms with Crippen LogP contribution in [0.2, 0.25) is 0 Å². The summed E-state index contributed by atoms with van der Waals surface area (Å²) in [7, 11) is 0. The Morgan fingerprint density at radius 2 is 2.00 bits per heavy atom. The number of aliphatic hydroxyl groups excluding tert-OH is 1. The minimum atomic E-state index is -0.586. The molecule has 0 spiro atoms. The molecule has 4 rings (SSSR count). The zero-order chi connectivity index (χ0) is 14.2. The average molecular weight is 277 g/mol. The average Bonchev–Trinajstić information content (AvgIpc) is 3.11. The Kier molecular flexibility index (Phi) is 2.82. The summed E-state index contributed by atoms with van der Waals surface area (Å²) in [6, 6.07) is 14.0. The molecule has 0 saturated heterocycles. The zero-order valence-electron chi connectivity index (χ0n) is 11.4. The van der Waals surface area contributed by atoms with Gasteiger partial charge in [0.15, 0.2) is 0 Å². The van der Waals surface area contributed by atoms with Crippen molar-refractivity contribution in [2.45, 2.75) is 18.6 Å². The van der Waals surface area contributed by atoms with Crippen LogP contribution < -0.4 is 0 Å². The Bertz CT molecular complexity index is 766. The van der Waals surface area contributed by atoms with Gasteiger partial charge in [0.05, 0.1) is 36.1 Å². The van der Waals surface area contributed by atoms with Crippen molar-refractivity contribution in [3.63, 3.8) is 0 Å². The lowest BCUT2D eigenvalue weighted by molar-refractivity contribution is 0.149. The van der Waals surface area contributed by atoms with Gasteiger partial charge in [0.2, 0.25) is 0 Å². The van der Waals surface area contributed by atoms with Gasteiger partial charge >= 0.3 is 0 Å². The summed E-state index contributed by atoms with van der Waals surface area (Å²) in [5, 5.41) is 10.5. The minimum Gasteiger partial charge on any atom is -0.387 e. The van der Waals surface area contributed by atoms with Crippen LogP contribution in [-0.4, -0.2) is 19.6 Å². The van der Waals surface area contributed by atoms with Crippen LogP contribution >= 0.6 is 0 Å². The second-order valence-corrected chi connectivity index (χ2v) is 5.30. The summed E-state index contributed by atoms with van der Waals surface area (Å²) >= 11 is 0. The predicted molar refractivity (Wildman–Crippen MR) is 79.6 cm³/mol. The molecule has 4 heteroatoms. The molecule has 0 amide bonds. The summed E-state index contributed by atoms with van der Waals surface area (Å²) in [6.45, 7) is 0. The summed E-state index contributed by atoms with van der Waals surface area (Å²) in [4.78, 5) is 8.48. The number of fused-ring (bicyclic) bond motifs is 3. The highest BCUT2D eigenvalue weighted by Gasteiger charge is 2.30. The highest BCUT2D eigenvalue weighted by molar-refractivity contribution is 5.68. The molecule has 0 bridgehead atoms. The van der Waals surface area contributed by atoms with E-state index in [2.05, 4.69) is 26.7 Å². The molecule has 3 aromatic rings. The lowest BCUT2D eigenvalue weighted by Gasteiger charge is -2.18. The fourth-order valence-corrected chi connectivity index (χ4v) is 3.08. The maximum absolute atomic E-state index is 10.5. The van der Waals surface area contributed by atoms with Crippen LogP contribution in [0.4, 0.5) is 0 Å². The Morgan fingerprint density at radius 3 is 2.86 bits per heavy atom. The largest absolute Gasteiger partial charge is 0.387 e. The third-order valence-electron chi connectivity index (χ3n) is 4.07. The smallest absolute Gasteiger partial charge is 0.0982 e. The molecule has 2 aromatic heterocycles. The molecule has 2 atom stereocenters. The van der Waals surface area contributed by atoms with E-state index in [-0.39, 0.29) is 6.04 Å². The summed E-state index contributed by atoms with van der Waals surface area (Å²) in [5.41, 5.74) is 4.27. The number of hydrogen-bond acceptors (Lipinski definition) is 3. The van der Waals surface area contributed by atoms with Crippen LogP contribution in [0.25, 0.3) is 11.3 Å². The molecule has 2 unspecified atom stereocenters. The number of benzene rings is 1. The topological polar surface area (TPSA) is 50.9 Å². The number of aromatic nitrogens is 3. The third-order valence-corrected chi connectivity index (χ3v) is 4.07. The molecule has 0 saturated carbocycles. The van der Waals surface area contributed by atoms with E-state index >= 15 is 0 Å². The molecule has 0 fully saturated rings. The number of rotatable bonds is 3. The first-order valence-electron chi connectivity index (χ1n) is 7.04. The summed E-state index contributed by atoms with van der Waals surface area (Å²) in [5.74, 6) is 0. The summed E-state index contributed by atoms with van der Waals surface area (Å²) in [6.07, 6.45) is 5.44. The number of pyridine rings is 1. The molecule has 1 aromatic carbocycles. The van der Waals surface area contributed by atoms with Crippen molar-refractivity contribution in [3.8, 4) is 11.3 Å². The van der Waals surface area contributed by atoms with Gasteiger partial charge < -0.3 is 9.67 Å². The van der Waals surface area contributed by atoms with Crippen molar-refractivity contribution in [3.05, 3.63) is 72.4 Å². The molecule has 3 heterocycles. The first-order chi connectivity index (χ1) is 10.3. The van der Waals surface area contributed by atoms with E-state index in [1.165, 1.54) is 11.1 Å². The molecular weight excluding hydrogens is 262 g/mol. The van der Waals surface area contributed by atoms with E-state index < -0.39 is 6.10 Å². The maximum Gasteiger partial charge on any atom is 0.0982 e. The Balaban J connectivity index is 1.70. The van der Waals surface area contributed by atoms with Crippen LogP contribution in [0.5, 0.6) is 0 Å². The molecule has 0 radical (unpaired) electrons. The fraction of sp³-hybridized carbons (Fsp3) is 0.176. The van der Waals surface area contributed by atoms with Gasteiger partial charge in [-0.15, -0.1) is 0 Å². The van der Waals surface area contributed by atoms with Crippen molar-refractivity contribution >= 4 is 0 Å². The van der Waals surface area contributed by atoms with Crippen LogP contribution in [0.15, 0.2) is 61.2 Å². The number of nitrogens with zero attached hydrogens (tertiary/aromatic N) is 3. The second-order valence-electron chi connectivity index (χ2n) is 5.30. The van der Waals surface area contributed by atoms with Crippen molar-refractivity contribution in [1.29, 1.82) is 0 Å². The van der Waals surface area contributed by atoms with Crippen LogP contribution in [0, 0.1) is 0 Å². The van der Waals surface area contributed by atoms with Gasteiger partial charge in [-0.2, -0.15) is 0 Å². The third kappa shape index (κ3) is 1.96. The lowest BCUT2D eigenvalue weighted by atomic mass is 9.97. The number of aliphatic hydroxyl groups is 1. The van der Waals surface area contributed by atoms with Gasteiger partial charge in [-0.05, 0) is 17.7 Å². The predicted octanol–water partition coefficient (Wildman–Crippen LogP) is 2.97. The molecule has 21 heavy (non-hydrogen) atoms. The van der Waals surface area contributed by atoms with E-state index in [4.69, 9.17) is 0 Å². The fourth-order valence-electron chi connectivity index (χ4n) is 3.08. The van der Waals surface area contributed by atoms with Gasteiger partial charge in [0, 0.05) is 18.2 Å². The standard InChI is InChI=1S/C17H15N3O/c21-17(14-7-3-4-8-19-14)9-15-12-5-1-2-6-13(12)16-10-18-11-20(15)16/h1-8,10-11,15,17,21H,9H2. The number of imidazole rings is 1. The Labute approximate surface area is 122 Å². The van der Waals surface area contributed by atoms with Crippen LogP contribution in [0.3, 0.4) is 0 Å². The van der Waals surface area contributed by atoms with Crippen molar-refractivity contribution in [1.82, 2.24) is 14.5 Å². The van der Waals surface area contributed by atoms with E-state index in [1.54, 1.807) is 6.20 Å². The van der Waals surface area contributed by atoms with Gasteiger partial charge in [-0.3, -0.25) is 4.98 Å². The lowest BCUT2D eigenvalue weighted by Crippen LogP contribution is -2.11. The van der Waals surface area contributed by atoms with E-state index in [0.29, 0.717) is 12.1 Å². The highest BCUT2D eigenvalue weighted by Crippen LogP contribution is 2.42. The van der Waals surface area contributed by atoms with Gasteiger partial charge in [-0.25, -0.2) is 4.98 Å². The molecular formula is C17H15N3O. The molecule has 1 aliphatic rings. The number of hydrogen-bond donors (Lipinski definition) is 1. The van der Waals surface area contributed by atoms with Crippen molar-refractivity contribution < 1.29 is 5.11 Å². The monoisotopic (exact) mass is 277 g/mol. The molecule has 1 aliphatic heterocycles. The zero-order valence-corrected chi connectivity index (χ0v) is 11.4. The first-order valence-corrected chi connectivity index (χ1v) is 7.04. The van der Waals surface area contributed by atoms with Crippen LogP contribution in [-0.2, 0) is 0 Å². The Hall–Kier alpha value is -2.46. The first kappa shape index (κ1) is 12.3. The molecule has 4 nitrogen and oxygen atoms in total. The molecule has 104 valence electrons. The van der Waals surface area contributed by atoms with Crippen molar-refractivity contribution in [2.24, 2.45) is 0 Å². The van der Waals surface area contributed by atoms with Gasteiger partial charge in [0.25, 0.3) is 0 Å².